The molecule has 0 aliphatic heterocycles. The molecule has 8 nitrogen and oxygen atoms in total. The van der Waals surface area contributed by atoms with E-state index < -0.39 is 10.0 Å². The van der Waals surface area contributed by atoms with Gasteiger partial charge in [-0.1, -0.05) is 17.8 Å². The van der Waals surface area contributed by atoms with Gasteiger partial charge in [-0.3, -0.25) is 19.3 Å². The summed E-state index contributed by atoms with van der Waals surface area (Å²) >= 11 is 0.909. The van der Waals surface area contributed by atoms with Crippen LogP contribution in [0.25, 0.3) is 0 Å². The number of nitrogens with zero attached hydrogens (tertiary/aromatic N) is 2. The van der Waals surface area contributed by atoms with Gasteiger partial charge in [0.05, 0.1) is 17.3 Å². The first-order valence-corrected chi connectivity index (χ1v) is 12.1. The van der Waals surface area contributed by atoms with E-state index in [2.05, 4.69) is 14.7 Å². The Bertz CT molecular complexity index is 1170. The Hall–Kier alpha value is -3.24. The third kappa shape index (κ3) is 6.89. The highest BCUT2D eigenvalue weighted by molar-refractivity contribution is 8.14. The molecule has 1 aromatic carbocycles. The topological polar surface area (TPSA) is 115 Å². The summed E-state index contributed by atoms with van der Waals surface area (Å²) < 4.78 is 33.2. The van der Waals surface area contributed by atoms with Crippen LogP contribution in [0.1, 0.15) is 23.0 Å². The van der Waals surface area contributed by atoms with Crippen molar-refractivity contribution in [3.8, 4) is 5.75 Å². The van der Waals surface area contributed by atoms with Gasteiger partial charge < -0.3 is 4.74 Å². The number of anilines is 1. The maximum atomic E-state index is 12.6. The van der Waals surface area contributed by atoms with Crippen LogP contribution in [-0.2, 0) is 21.2 Å². The number of hydrogen-bond donors (Lipinski definition) is 1. The predicted octanol–water partition coefficient (Wildman–Crippen LogP) is 3.36. The molecule has 0 fully saturated rings. The summed E-state index contributed by atoms with van der Waals surface area (Å²) in [6.07, 6.45) is 3.63. The minimum absolute atomic E-state index is 0.0123. The molecule has 166 valence electrons. The Morgan fingerprint density at radius 3 is 2.44 bits per heavy atom. The number of ether oxygens (including phenoxy) is 1. The van der Waals surface area contributed by atoms with Crippen LogP contribution in [0.2, 0.25) is 0 Å². The number of Topliss-reactive ketones (excluding diaryl/α,β-unsaturated/α-hetero) is 1. The molecule has 32 heavy (non-hydrogen) atoms. The number of sulfonamides is 1. The van der Waals surface area contributed by atoms with Crippen LogP contribution in [0, 0.1) is 0 Å². The largest absolute Gasteiger partial charge is 0.493 e. The van der Waals surface area contributed by atoms with E-state index in [1.807, 2.05) is 18.2 Å². The first kappa shape index (κ1) is 23.4. The highest BCUT2D eigenvalue weighted by Gasteiger charge is 2.16. The van der Waals surface area contributed by atoms with Gasteiger partial charge in [0.25, 0.3) is 10.0 Å². The molecule has 0 atom stereocenters. The highest BCUT2D eigenvalue weighted by atomic mass is 32.2. The van der Waals surface area contributed by atoms with E-state index in [9.17, 15) is 18.0 Å². The van der Waals surface area contributed by atoms with Crippen LogP contribution < -0.4 is 9.46 Å². The van der Waals surface area contributed by atoms with Gasteiger partial charge in [-0.25, -0.2) is 13.4 Å². The van der Waals surface area contributed by atoms with Gasteiger partial charge in [-0.05, 0) is 48.5 Å². The Kier molecular flexibility index (Phi) is 7.96. The number of thioether (sulfide) groups is 1. The van der Waals surface area contributed by atoms with Crippen LogP contribution in [-0.4, -0.2) is 41.6 Å². The highest BCUT2D eigenvalue weighted by Crippen LogP contribution is 2.19. The molecule has 0 bridgehead atoms. The molecule has 2 aromatic heterocycles. The third-order valence-electron chi connectivity index (χ3n) is 4.22. The Balaban J connectivity index is 1.56. The second-order valence-corrected chi connectivity index (χ2v) is 9.47. The minimum atomic E-state index is -3.86. The molecular formula is C22H21N3O5S2. The van der Waals surface area contributed by atoms with E-state index in [1.54, 1.807) is 18.3 Å². The minimum Gasteiger partial charge on any atom is -0.493 e. The lowest BCUT2D eigenvalue weighted by Gasteiger charge is -2.09. The number of carbonyl (C=O) groups is 2. The van der Waals surface area contributed by atoms with Crippen molar-refractivity contribution in [3.05, 3.63) is 78.2 Å². The fourth-order valence-electron chi connectivity index (χ4n) is 2.60. The molecule has 0 unspecified atom stereocenters. The molecule has 10 heteroatoms. The van der Waals surface area contributed by atoms with Crippen molar-refractivity contribution in [1.82, 2.24) is 9.97 Å². The van der Waals surface area contributed by atoms with Crippen molar-refractivity contribution in [1.29, 1.82) is 0 Å². The molecule has 3 aromatic rings. The standard InChI is InChI=1S/C22H21N3O5S2/c1-16(26)31-15-21(27)17-5-10-22(24-14-17)25-32(28,29)20-8-6-19(7-9-20)30-13-11-18-4-2-3-12-23-18/h2-10,12,14H,11,13,15H2,1H3,(H,24,25). The summed E-state index contributed by atoms with van der Waals surface area (Å²) in [7, 11) is -3.86. The summed E-state index contributed by atoms with van der Waals surface area (Å²) in [5.41, 5.74) is 1.21. The van der Waals surface area contributed by atoms with E-state index in [0.717, 1.165) is 17.5 Å². The normalized spacial score (nSPS) is 11.0. The maximum absolute atomic E-state index is 12.6. The van der Waals surface area contributed by atoms with Gasteiger partial charge in [0.15, 0.2) is 10.9 Å². The van der Waals surface area contributed by atoms with Gasteiger partial charge in [0, 0.05) is 37.0 Å². The summed E-state index contributed by atoms with van der Waals surface area (Å²) in [6, 6.07) is 14.6. The molecule has 0 aliphatic carbocycles. The van der Waals surface area contributed by atoms with E-state index in [4.69, 9.17) is 4.74 Å². The smallest absolute Gasteiger partial charge is 0.263 e. The van der Waals surface area contributed by atoms with Crippen LogP contribution in [0.5, 0.6) is 5.75 Å². The quantitative estimate of drug-likeness (QED) is 0.448. The average molecular weight is 472 g/mol. The van der Waals surface area contributed by atoms with Crippen molar-refractivity contribution in [2.75, 3.05) is 17.1 Å². The molecule has 0 saturated carbocycles. The molecule has 0 amide bonds. The number of benzene rings is 1. The van der Waals surface area contributed by atoms with Crippen molar-refractivity contribution in [2.45, 2.75) is 18.2 Å². The number of carbonyl (C=O) groups excluding carboxylic acids is 2. The fourth-order valence-corrected chi connectivity index (χ4v) is 4.11. The van der Waals surface area contributed by atoms with Crippen molar-refractivity contribution >= 4 is 38.5 Å². The Labute approximate surface area is 190 Å². The first-order chi connectivity index (χ1) is 15.3. The van der Waals surface area contributed by atoms with Crippen molar-refractivity contribution in [2.24, 2.45) is 0 Å². The Morgan fingerprint density at radius 2 is 1.81 bits per heavy atom. The fraction of sp³-hybridized carbons (Fsp3) is 0.182. The zero-order valence-electron chi connectivity index (χ0n) is 17.2. The van der Waals surface area contributed by atoms with Crippen molar-refractivity contribution < 1.29 is 22.7 Å². The van der Waals surface area contributed by atoms with E-state index in [-0.39, 0.29) is 27.4 Å². The van der Waals surface area contributed by atoms with Crippen LogP contribution in [0.15, 0.2) is 71.9 Å². The molecule has 1 N–H and O–H groups in total. The lowest BCUT2D eigenvalue weighted by Crippen LogP contribution is -2.14. The maximum Gasteiger partial charge on any atom is 0.263 e. The van der Waals surface area contributed by atoms with Gasteiger partial charge in [0.1, 0.15) is 11.6 Å². The summed E-state index contributed by atoms with van der Waals surface area (Å²) in [5.74, 6) is 0.379. The summed E-state index contributed by atoms with van der Waals surface area (Å²) in [4.78, 5) is 31.2. The lowest BCUT2D eigenvalue weighted by molar-refractivity contribution is -0.109. The zero-order valence-corrected chi connectivity index (χ0v) is 18.9. The second-order valence-electron chi connectivity index (χ2n) is 6.63. The first-order valence-electron chi connectivity index (χ1n) is 9.62. The van der Waals surface area contributed by atoms with Gasteiger partial charge >= 0.3 is 0 Å². The molecule has 3 rings (SSSR count). The number of aromatic nitrogens is 2. The number of pyridine rings is 2. The van der Waals surface area contributed by atoms with Crippen molar-refractivity contribution in [3.63, 3.8) is 0 Å². The zero-order chi connectivity index (χ0) is 23.0. The monoisotopic (exact) mass is 471 g/mol. The van der Waals surface area contributed by atoms with Crippen LogP contribution in [0.4, 0.5) is 5.82 Å². The van der Waals surface area contributed by atoms with E-state index in [1.165, 1.54) is 37.4 Å². The van der Waals surface area contributed by atoms with Crippen LogP contribution in [0.3, 0.4) is 0 Å². The molecule has 2 heterocycles. The number of ketones is 1. The SMILES string of the molecule is CC(=O)SCC(=O)c1ccc(NS(=O)(=O)c2ccc(OCCc3ccccn3)cc2)nc1. The predicted molar refractivity (Wildman–Crippen MR) is 122 cm³/mol. The lowest BCUT2D eigenvalue weighted by atomic mass is 10.2. The summed E-state index contributed by atoms with van der Waals surface area (Å²) in [5, 5.41) is -0.152. The summed E-state index contributed by atoms with van der Waals surface area (Å²) in [6.45, 7) is 1.80. The van der Waals surface area contributed by atoms with E-state index >= 15 is 0 Å². The number of nitrogens with one attached hydrogen (secondary N) is 1. The molecular weight excluding hydrogens is 450 g/mol. The third-order valence-corrected chi connectivity index (χ3v) is 6.40. The molecule has 0 aliphatic rings. The number of hydrogen-bond acceptors (Lipinski definition) is 8. The van der Waals surface area contributed by atoms with Crippen LogP contribution >= 0.6 is 11.8 Å². The van der Waals surface area contributed by atoms with Gasteiger partial charge in [0.2, 0.25) is 0 Å². The van der Waals surface area contributed by atoms with Gasteiger partial charge in [-0.15, -0.1) is 0 Å². The molecule has 0 saturated heterocycles. The average Bonchev–Trinajstić information content (AvgIpc) is 2.79. The number of rotatable bonds is 10. The Morgan fingerprint density at radius 1 is 1.03 bits per heavy atom. The van der Waals surface area contributed by atoms with Gasteiger partial charge in [-0.2, -0.15) is 0 Å². The molecule has 0 spiro atoms. The van der Waals surface area contributed by atoms with E-state index in [0.29, 0.717) is 24.3 Å². The molecule has 0 radical (unpaired) electrons. The second kappa shape index (κ2) is 10.9.